The fraction of sp³-hybridized carbons (Fsp3) is 0. The topological polar surface area (TPSA) is 126 Å². The van der Waals surface area contributed by atoms with Gasteiger partial charge in [-0.05, 0) is 0 Å². The summed E-state index contributed by atoms with van der Waals surface area (Å²) in [4.78, 5) is 0. The van der Waals surface area contributed by atoms with Gasteiger partial charge in [-0.25, -0.2) is 0 Å². The summed E-state index contributed by atoms with van der Waals surface area (Å²) in [6.07, 6.45) is 0. The summed E-state index contributed by atoms with van der Waals surface area (Å²) in [5.74, 6) is 0. The zero-order valence-electron chi connectivity index (χ0n) is 4.35. The van der Waals surface area contributed by atoms with E-state index in [1.54, 1.807) is 0 Å². The molecule has 0 aromatic heterocycles. The quantitative estimate of drug-likeness (QED) is 0.357. The van der Waals surface area contributed by atoms with Gasteiger partial charge < -0.3 is 21.9 Å². The van der Waals surface area contributed by atoms with Crippen LogP contribution in [-0.2, 0) is 17.1 Å². The molecule has 0 amide bonds. The molecule has 8 N–H and O–H groups in total. The monoisotopic (exact) mass is 206 g/mol. The standard InChI is InChI=1S/Fe.2K.4H2O/h;;;4*1H2. The third-order valence-corrected chi connectivity index (χ3v) is 0. The Balaban J connectivity index is 0. The van der Waals surface area contributed by atoms with E-state index in [1.165, 1.54) is 0 Å². The summed E-state index contributed by atoms with van der Waals surface area (Å²) in [7, 11) is 0. The SMILES string of the molecule is O.O.O.O.[Fe].[K].[K]. The Labute approximate surface area is 138 Å². The fourth-order valence-corrected chi connectivity index (χ4v) is 0. The summed E-state index contributed by atoms with van der Waals surface area (Å²) in [5, 5.41) is 0. The van der Waals surface area contributed by atoms with Crippen LogP contribution in [0.1, 0.15) is 0 Å². The van der Waals surface area contributed by atoms with Gasteiger partial charge in [-0.1, -0.05) is 0 Å². The molecule has 7 heteroatoms. The number of hydrogen-bond acceptors (Lipinski definition) is 0. The Morgan fingerprint density at radius 1 is 0.429 bits per heavy atom. The average Bonchev–Trinajstić information content (AvgIpc) is 0. The van der Waals surface area contributed by atoms with Crippen LogP contribution in [-0.4, -0.2) is 125 Å². The molecule has 42 valence electrons. The summed E-state index contributed by atoms with van der Waals surface area (Å²) in [5.41, 5.74) is 0. The van der Waals surface area contributed by atoms with Crippen molar-refractivity contribution < 1.29 is 39.0 Å². The van der Waals surface area contributed by atoms with Gasteiger partial charge in [0.15, 0.2) is 0 Å². The van der Waals surface area contributed by atoms with Crippen LogP contribution in [0.15, 0.2) is 0 Å². The Bertz CT molecular complexity index is 9.65. The van der Waals surface area contributed by atoms with Gasteiger partial charge in [0.25, 0.3) is 0 Å². The molecule has 0 fully saturated rings. The molecular formula is H8FeK2O4. The maximum atomic E-state index is 0. The molecule has 0 atom stereocenters. The van der Waals surface area contributed by atoms with E-state index in [1.807, 2.05) is 0 Å². The first kappa shape index (κ1) is 74.8. The maximum Gasteiger partial charge on any atom is 0 e. The van der Waals surface area contributed by atoms with Crippen molar-refractivity contribution in [2.75, 3.05) is 0 Å². The second-order valence-corrected chi connectivity index (χ2v) is 0. The molecule has 0 unspecified atom stereocenters. The van der Waals surface area contributed by atoms with E-state index in [0.29, 0.717) is 0 Å². The second-order valence-electron chi connectivity index (χ2n) is 0. The molecular weight excluding hydrogens is 198 g/mol. The van der Waals surface area contributed by atoms with E-state index in [4.69, 9.17) is 0 Å². The van der Waals surface area contributed by atoms with Gasteiger partial charge in [-0.2, -0.15) is 0 Å². The summed E-state index contributed by atoms with van der Waals surface area (Å²) in [6.45, 7) is 0. The van der Waals surface area contributed by atoms with Crippen molar-refractivity contribution in [1.29, 1.82) is 0 Å². The molecule has 0 heterocycles. The van der Waals surface area contributed by atoms with Gasteiger partial charge in [0.2, 0.25) is 0 Å². The van der Waals surface area contributed by atoms with Crippen LogP contribution in [0, 0.1) is 0 Å². The van der Waals surface area contributed by atoms with Gasteiger partial charge in [-0.3, -0.25) is 0 Å². The molecule has 0 bridgehead atoms. The van der Waals surface area contributed by atoms with Crippen LogP contribution in [0.5, 0.6) is 0 Å². The first-order valence-electron chi connectivity index (χ1n) is 0. The van der Waals surface area contributed by atoms with Crippen LogP contribution in [0.2, 0.25) is 0 Å². The molecule has 7 heavy (non-hydrogen) atoms. The molecule has 0 aliphatic heterocycles. The van der Waals surface area contributed by atoms with Crippen LogP contribution in [0.25, 0.3) is 0 Å². The Morgan fingerprint density at radius 2 is 0.429 bits per heavy atom. The summed E-state index contributed by atoms with van der Waals surface area (Å²) >= 11 is 0. The van der Waals surface area contributed by atoms with E-state index in [9.17, 15) is 0 Å². The molecule has 0 saturated heterocycles. The summed E-state index contributed by atoms with van der Waals surface area (Å²) in [6, 6.07) is 0. The minimum Gasteiger partial charge on any atom is -0.412 e. The molecule has 0 rings (SSSR count). The maximum absolute atomic E-state index is 0. The van der Waals surface area contributed by atoms with Crippen molar-refractivity contribution in [2.45, 2.75) is 0 Å². The minimum absolute atomic E-state index is 0. The number of rotatable bonds is 0. The fourth-order valence-electron chi connectivity index (χ4n) is 0. The van der Waals surface area contributed by atoms with Gasteiger partial charge in [0.05, 0.1) is 0 Å². The van der Waals surface area contributed by atoms with E-state index in [2.05, 4.69) is 0 Å². The predicted molar refractivity (Wildman–Crippen MR) is 26.0 cm³/mol. The minimum atomic E-state index is 0. The van der Waals surface area contributed by atoms with Gasteiger partial charge in [0.1, 0.15) is 0 Å². The molecule has 0 aromatic carbocycles. The van der Waals surface area contributed by atoms with Crippen molar-refractivity contribution in [3.63, 3.8) is 0 Å². The molecule has 4 nitrogen and oxygen atoms in total. The third kappa shape index (κ3) is 42.5. The summed E-state index contributed by atoms with van der Waals surface area (Å²) < 4.78 is 0. The third-order valence-electron chi connectivity index (χ3n) is 0. The zero-order chi connectivity index (χ0) is 0. The van der Waals surface area contributed by atoms with E-state index < -0.39 is 0 Å². The Kier molecular flexibility index (Phi) is 581. The van der Waals surface area contributed by atoms with Crippen molar-refractivity contribution in [3.05, 3.63) is 0 Å². The van der Waals surface area contributed by atoms with Crippen LogP contribution < -0.4 is 0 Å². The van der Waals surface area contributed by atoms with E-state index >= 15 is 0 Å². The van der Waals surface area contributed by atoms with Gasteiger partial charge in [0, 0.05) is 120 Å². The van der Waals surface area contributed by atoms with Crippen LogP contribution in [0.3, 0.4) is 0 Å². The van der Waals surface area contributed by atoms with Crippen molar-refractivity contribution in [2.24, 2.45) is 0 Å². The molecule has 0 aliphatic carbocycles. The largest absolute Gasteiger partial charge is 0.412 e. The van der Waals surface area contributed by atoms with Crippen molar-refractivity contribution >= 4 is 103 Å². The van der Waals surface area contributed by atoms with Crippen LogP contribution in [0.4, 0.5) is 0 Å². The normalized spacial score (nSPS) is 0. The number of hydrogen-bond donors (Lipinski definition) is 0. The molecule has 0 aliphatic rings. The molecule has 0 aromatic rings. The Morgan fingerprint density at radius 3 is 0.429 bits per heavy atom. The van der Waals surface area contributed by atoms with Gasteiger partial charge >= 0.3 is 0 Å². The van der Waals surface area contributed by atoms with Gasteiger partial charge in [-0.15, -0.1) is 0 Å². The van der Waals surface area contributed by atoms with Crippen LogP contribution >= 0.6 is 0 Å². The van der Waals surface area contributed by atoms with Crippen molar-refractivity contribution in [3.8, 4) is 0 Å². The first-order valence-corrected chi connectivity index (χ1v) is 0. The molecule has 2 radical (unpaired) electrons. The molecule has 0 spiro atoms. The molecule has 0 saturated carbocycles. The Hall–Kier alpha value is 3.63. The van der Waals surface area contributed by atoms with Crippen molar-refractivity contribution in [1.82, 2.24) is 0 Å². The van der Waals surface area contributed by atoms with E-state index in [-0.39, 0.29) is 142 Å². The predicted octanol–water partition coefficient (Wildman–Crippen LogP) is -4.06. The first-order chi connectivity index (χ1) is 0. The van der Waals surface area contributed by atoms with E-state index in [0.717, 1.165) is 0 Å². The average molecular weight is 206 g/mol. The smallest absolute Gasteiger partial charge is 0 e. The second kappa shape index (κ2) is 54.4. The zero-order valence-corrected chi connectivity index (χ0v) is 11.7.